The Labute approximate surface area is 352 Å². The van der Waals surface area contributed by atoms with Crippen molar-refractivity contribution in [1.29, 1.82) is 0 Å². The van der Waals surface area contributed by atoms with Gasteiger partial charge < -0.3 is 20.4 Å². The van der Waals surface area contributed by atoms with Crippen molar-refractivity contribution in [2.45, 2.75) is 34.8 Å². The zero-order chi connectivity index (χ0) is 41.7. The minimum absolute atomic E-state index is 0.00211. The molecule has 2 amide bonds. The van der Waals surface area contributed by atoms with Crippen molar-refractivity contribution in [1.82, 2.24) is 14.5 Å². The lowest BCUT2D eigenvalue weighted by atomic mass is 10.0. The summed E-state index contributed by atoms with van der Waals surface area (Å²) in [5, 5.41) is 19.1. The molecule has 5 aromatic rings. The van der Waals surface area contributed by atoms with Gasteiger partial charge in [0.25, 0.3) is 21.6 Å². The number of amides is 2. The zero-order valence-electron chi connectivity index (χ0n) is 32.5. The van der Waals surface area contributed by atoms with Crippen LogP contribution in [0.3, 0.4) is 0 Å². The highest BCUT2D eigenvalue weighted by atomic mass is 35.5. The van der Waals surface area contributed by atoms with Gasteiger partial charge in [0.2, 0.25) is 5.91 Å². The number of hydrogen-bond donors (Lipinski definition) is 3. The molecule has 306 valence electrons. The number of anilines is 3. The molecule has 0 aliphatic carbocycles. The van der Waals surface area contributed by atoms with Crippen LogP contribution in [0.15, 0.2) is 125 Å². The van der Waals surface area contributed by atoms with E-state index in [9.17, 15) is 28.1 Å². The minimum atomic E-state index is -4.53. The molecule has 16 heteroatoms. The van der Waals surface area contributed by atoms with Crippen molar-refractivity contribution in [3.63, 3.8) is 0 Å². The largest absolute Gasteiger partial charge is 0.376 e. The molecule has 1 saturated heterocycles. The lowest BCUT2D eigenvalue weighted by Crippen LogP contribution is -2.59. The second kappa shape index (κ2) is 18.2. The van der Waals surface area contributed by atoms with Crippen LogP contribution in [0.5, 0.6) is 0 Å². The van der Waals surface area contributed by atoms with E-state index in [0.717, 1.165) is 39.9 Å². The van der Waals surface area contributed by atoms with Gasteiger partial charge >= 0.3 is 0 Å². The second-order valence-electron chi connectivity index (χ2n) is 14.8. The van der Waals surface area contributed by atoms with E-state index in [4.69, 9.17) is 11.6 Å². The smallest absolute Gasteiger partial charge is 0.293 e. The fourth-order valence-electron chi connectivity index (χ4n) is 7.23. The van der Waals surface area contributed by atoms with Crippen LogP contribution >= 0.6 is 23.4 Å². The van der Waals surface area contributed by atoms with Crippen LogP contribution in [-0.4, -0.2) is 93.1 Å². The third kappa shape index (κ3) is 10.2. The van der Waals surface area contributed by atoms with Gasteiger partial charge in [-0.2, -0.15) is 0 Å². The lowest BCUT2D eigenvalue weighted by Gasteiger charge is -2.45. The monoisotopic (exact) mass is 853 g/mol. The number of rotatable bonds is 15. The number of thioether (sulfide) groups is 1. The van der Waals surface area contributed by atoms with Crippen LogP contribution in [-0.2, 0) is 21.4 Å². The highest BCUT2D eigenvalue weighted by Crippen LogP contribution is 2.36. The number of hydrogen-bond acceptors (Lipinski definition) is 11. The van der Waals surface area contributed by atoms with Crippen LogP contribution in [0.25, 0.3) is 11.1 Å². The molecule has 7 rings (SSSR count). The third-order valence-corrected chi connectivity index (χ3v) is 13.0. The quantitative estimate of drug-likeness (QED) is 0.0556. The first-order valence-corrected chi connectivity index (χ1v) is 21.9. The number of halogens is 1. The van der Waals surface area contributed by atoms with Gasteiger partial charge in [0, 0.05) is 59.5 Å². The van der Waals surface area contributed by atoms with E-state index < -0.39 is 37.5 Å². The average Bonchev–Trinajstić information content (AvgIpc) is 3.22. The molecular weight excluding hydrogens is 810 g/mol. The number of carbonyl (C=O) groups excluding carboxylic acids is 2. The summed E-state index contributed by atoms with van der Waals surface area (Å²) in [5.74, 6) is -0.558. The molecule has 2 aliphatic rings. The number of benzene rings is 5. The van der Waals surface area contributed by atoms with Gasteiger partial charge in [0.1, 0.15) is 11.7 Å². The Morgan fingerprint density at radius 3 is 2.49 bits per heavy atom. The van der Waals surface area contributed by atoms with E-state index in [2.05, 4.69) is 33.7 Å². The molecule has 3 N–H and O–H groups in total. The molecular formula is C43H44ClN7O6S2. The molecule has 0 bridgehead atoms. The predicted octanol–water partition coefficient (Wildman–Crippen LogP) is 7.20. The minimum Gasteiger partial charge on any atom is -0.376 e. The van der Waals surface area contributed by atoms with Crippen LogP contribution in [0.4, 0.5) is 22.7 Å². The molecule has 0 saturated carbocycles. The predicted molar refractivity (Wildman–Crippen MR) is 234 cm³/mol. The number of nitrogens with one attached hydrogen (secondary N) is 3. The van der Waals surface area contributed by atoms with E-state index in [1.807, 2.05) is 89.3 Å². The maximum atomic E-state index is 13.5. The molecule has 1 fully saturated rings. The van der Waals surface area contributed by atoms with Crippen LogP contribution in [0.1, 0.15) is 22.3 Å². The third-order valence-electron chi connectivity index (χ3n) is 10.3. The first kappa shape index (κ1) is 41.7. The number of carbonyl (C=O) groups is 2. The van der Waals surface area contributed by atoms with Gasteiger partial charge in [-0.1, -0.05) is 60.1 Å². The second-order valence-corrected chi connectivity index (χ2v) is 18.0. The fourth-order valence-corrected chi connectivity index (χ4v) is 9.34. The molecule has 13 nitrogen and oxygen atoms in total. The number of fused-ring (bicyclic) bond motifs is 3. The first-order chi connectivity index (χ1) is 28.3. The molecule has 2 atom stereocenters. The fraction of sp³-hybridized carbons (Fsp3) is 0.256. The van der Waals surface area contributed by atoms with E-state index >= 15 is 0 Å². The Kier molecular flexibility index (Phi) is 12.9. The maximum absolute atomic E-state index is 13.5. The summed E-state index contributed by atoms with van der Waals surface area (Å²) in [7, 11) is -0.639. The maximum Gasteiger partial charge on any atom is 0.293 e. The van der Waals surface area contributed by atoms with Crippen molar-refractivity contribution in [2.24, 2.45) is 0 Å². The molecule has 5 aromatic carbocycles. The van der Waals surface area contributed by atoms with Crippen LogP contribution in [0.2, 0.25) is 5.02 Å². The summed E-state index contributed by atoms with van der Waals surface area (Å²) in [6, 6.07) is 33.4. The lowest BCUT2D eigenvalue weighted by molar-refractivity contribution is -0.384. The van der Waals surface area contributed by atoms with Crippen molar-refractivity contribution < 1.29 is 22.9 Å². The van der Waals surface area contributed by atoms with Gasteiger partial charge in [-0.25, -0.2) is 13.1 Å². The molecule has 1 unspecified atom stereocenters. The number of sulfonamides is 1. The van der Waals surface area contributed by atoms with Crippen molar-refractivity contribution in [2.75, 3.05) is 61.6 Å². The van der Waals surface area contributed by atoms with Crippen LogP contribution in [0, 0.1) is 10.1 Å². The highest BCUT2D eigenvalue weighted by Gasteiger charge is 2.38. The molecule has 0 radical (unpaired) electrons. The zero-order valence-corrected chi connectivity index (χ0v) is 34.9. The molecule has 0 spiro atoms. The van der Waals surface area contributed by atoms with Gasteiger partial charge in [-0.05, 0) is 104 Å². The number of nitro groups is 1. The molecule has 2 aliphatic heterocycles. The molecule has 0 aromatic heterocycles. The highest BCUT2D eigenvalue weighted by molar-refractivity contribution is 7.99. The summed E-state index contributed by atoms with van der Waals surface area (Å²) in [4.78, 5) is 45.3. The Bertz CT molecular complexity index is 2460. The van der Waals surface area contributed by atoms with Gasteiger partial charge in [-0.15, -0.1) is 11.8 Å². The average molecular weight is 854 g/mol. The summed E-state index contributed by atoms with van der Waals surface area (Å²) in [5.41, 5.74) is 4.11. The standard InChI is InChI=1S/C43H44ClN7O6S2/c1-48(2)20-19-34(28-58-35-9-4-3-5-10-35)45-37-17-16-36(25-40(37)51(54)55)59(56,57)47-42(52)32-13-18-39-38(24-32)46-43(53)41-27-49(21-22-50(39)41)26-29-7-6-8-31(23-29)30-11-14-33(44)15-12-30/h3-18,23-25,34,41,45H,19-22,26-28H2,1-2H3,(H,46,53)(H,47,52)/t34-,41?/m1/s1. The van der Waals surface area contributed by atoms with Gasteiger partial charge in [0.05, 0.1) is 21.2 Å². The van der Waals surface area contributed by atoms with Crippen molar-refractivity contribution in [3.8, 4) is 11.1 Å². The van der Waals surface area contributed by atoms with E-state index in [1.54, 1.807) is 17.8 Å². The Hall–Kier alpha value is -5.45. The van der Waals surface area contributed by atoms with E-state index in [0.29, 0.717) is 49.1 Å². The normalized spacial score (nSPS) is 15.8. The first-order valence-electron chi connectivity index (χ1n) is 19.1. The topological polar surface area (TPSA) is 157 Å². The number of nitro benzene ring substituents is 1. The van der Waals surface area contributed by atoms with Gasteiger partial charge in [-0.3, -0.25) is 24.6 Å². The SMILES string of the molecule is CN(C)CC[C@H](CSc1ccccc1)Nc1ccc(S(=O)(=O)NC(=O)c2ccc3c(c2)NC(=O)C2CN(Cc4cccc(-c5ccc(Cl)cc5)c4)CCN32)cc1[N+](=O)[O-]. The number of piperazine rings is 1. The van der Waals surface area contributed by atoms with E-state index in [1.165, 1.54) is 24.3 Å². The number of nitrogens with zero attached hydrogens (tertiary/aromatic N) is 4. The summed E-state index contributed by atoms with van der Waals surface area (Å²) in [6.07, 6.45) is 0.680. The Morgan fingerprint density at radius 1 is 0.966 bits per heavy atom. The van der Waals surface area contributed by atoms with Gasteiger partial charge in [0.15, 0.2) is 0 Å². The van der Waals surface area contributed by atoms with Crippen molar-refractivity contribution >= 4 is 68.0 Å². The Morgan fingerprint density at radius 2 is 1.75 bits per heavy atom. The van der Waals surface area contributed by atoms with Crippen LogP contribution < -0.4 is 20.3 Å². The molecule has 2 heterocycles. The summed E-state index contributed by atoms with van der Waals surface area (Å²) >= 11 is 7.69. The Balaban J connectivity index is 1.01. The van der Waals surface area contributed by atoms with E-state index in [-0.39, 0.29) is 23.2 Å². The van der Waals surface area contributed by atoms with Crippen molar-refractivity contribution in [3.05, 3.63) is 142 Å². The summed E-state index contributed by atoms with van der Waals surface area (Å²) in [6.45, 7) is 3.13. The molecule has 59 heavy (non-hydrogen) atoms. The summed E-state index contributed by atoms with van der Waals surface area (Å²) < 4.78 is 29.0.